The van der Waals surface area contributed by atoms with E-state index in [4.69, 9.17) is 9.26 Å². The Morgan fingerprint density at radius 2 is 2.50 bits per heavy atom. The van der Waals surface area contributed by atoms with Crippen LogP contribution in [-0.2, 0) is 0 Å². The molecule has 0 amide bonds. The lowest BCUT2D eigenvalue weighted by Gasteiger charge is -2.11. The van der Waals surface area contributed by atoms with Gasteiger partial charge in [-0.25, -0.2) is 0 Å². The highest BCUT2D eigenvalue weighted by atomic mass is 16.5. The van der Waals surface area contributed by atoms with E-state index >= 15 is 0 Å². The van der Waals surface area contributed by atoms with Crippen LogP contribution in [0, 0.1) is 0 Å². The predicted molar refractivity (Wildman–Crippen MR) is 60.5 cm³/mol. The van der Waals surface area contributed by atoms with Gasteiger partial charge in [-0.15, -0.1) is 0 Å². The molecule has 84 valence electrons. The van der Waals surface area contributed by atoms with Crippen molar-refractivity contribution < 1.29 is 9.26 Å². The van der Waals surface area contributed by atoms with E-state index in [1.54, 1.807) is 6.20 Å². The highest BCUT2D eigenvalue weighted by Gasteiger charge is 2.14. The third-order valence-electron chi connectivity index (χ3n) is 2.94. The summed E-state index contributed by atoms with van der Waals surface area (Å²) in [5.41, 5.74) is 0.798. The second kappa shape index (κ2) is 4.14. The van der Waals surface area contributed by atoms with Gasteiger partial charge in [0, 0.05) is 11.4 Å². The summed E-state index contributed by atoms with van der Waals surface area (Å²) in [6.07, 6.45) is 4.16. The SMILES string of the molecule is c1cc2oncc2cc1OCC1CCCN1. The molecule has 16 heavy (non-hydrogen) atoms. The van der Waals surface area contributed by atoms with Crippen molar-refractivity contribution in [3.63, 3.8) is 0 Å². The number of benzene rings is 1. The van der Waals surface area contributed by atoms with Crippen molar-refractivity contribution in [2.75, 3.05) is 13.2 Å². The van der Waals surface area contributed by atoms with Gasteiger partial charge >= 0.3 is 0 Å². The van der Waals surface area contributed by atoms with Gasteiger partial charge in [0.1, 0.15) is 12.4 Å². The molecular weight excluding hydrogens is 204 g/mol. The minimum atomic E-state index is 0.498. The van der Waals surface area contributed by atoms with Gasteiger partial charge in [0.05, 0.1) is 6.20 Å². The van der Waals surface area contributed by atoms with E-state index in [2.05, 4.69) is 10.5 Å². The number of hydrogen-bond acceptors (Lipinski definition) is 4. The van der Waals surface area contributed by atoms with Gasteiger partial charge in [0.15, 0.2) is 5.58 Å². The van der Waals surface area contributed by atoms with E-state index in [1.165, 1.54) is 12.8 Å². The van der Waals surface area contributed by atoms with Crippen molar-refractivity contribution in [3.8, 4) is 5.75 Å². The summed E-state index contributed by atoms with van der Waals surface area (Å²) in [7, 11) is 0. The first kappa shape index (κ1) is 9.66. The molecule has 4 heteroatoms. The summed E-state index contributed by atoms with van der Waals surface area (Å²) in [4.78, 5) is 0. The van der Waals surface area contributed by atoms with Crippen LogP contribution >= 0.6 is 0 Å². The Hall–Kier alpha value is -1.55. The highest BCUT2D eigenvalue weighted by Crippen LogP contribution is 2.20. The number of fused-ring (bicyclic) bond motifs is 1. The Labute approximate surface area is 93.6 Å². The fourth-order valence-corrected chi connectivity index (χ4v) is 2.04. The predicted octanol–water partition coefficient (Wildman–Crippen LogP) is 1.96. The van der Waals surface area contributed by atoms with Crippen molar-refractivity contribution in [3.05, 3.63) is 24.4 Å². The molecule has 1 aromatic carbocycles. The summed E-state index contributed by atoms with van der Waals surface area (Å²) < 4.78 is 10.8. The van der Waals surface area contributed by atoms with Gasteiger partial charge in [-0.05, 0) is 37.6 Å². The first-order chi connectivity index (χ1) is 7.92. The van der Waals surface area contributed by atoms with Crippen LogP contribution in [0.1, 0.15) is 12.8 Å². The number of nitrogens with zero attached hydrogens (tertiary/aromatic N) is 1. The normalized spacial score (nSPS) is 20.4. The largest absolute Gasteiger partial charge is 0.492 e. The van der Waals surface area contributed by atoms with E-state index < -0.39 is 0 Å². The van der Waals surface area contributed by atoms with Crippen molar-refractivity contribution in [1.82, 2.24) is 10.5 Å². The second-order valence-corrected chi connectivity index (χ2v) is 4.13. The first-order valence-electron chi connectivity index (χ1n) is 5.62. The van der Waals surface area contributed by atoms with Gasteiger partial charge < -0.3 is 14.6 Å². The van der Waals surface area contributed by atoms with Gasteiger partial charge in [-0.3, -0.25) is 0 Å². The molecule has 0 radical (unpaired) electrons. The molecule has 1 aliphatic heterocycles. The van der Waals surface area contributed by atoms with Crippen LogP contribution in [0.3, 0.4) is 0 Å². The molecule has 3 rings (SSSR count). The Morgan fingerprint density at radius 3 is 3.38 bits per heavy atom. The number of ether oxygens (including phenoxy) is 1. The Morgan fingerprint density at radius 1 is 1.50 bits per heavy atom. The van der Waals surface area contributed by atoms with Crippen LogP contribution in [0.4, 0.5) is 0 Å². The average Bonchev–Trinajstić information content (AvgIpc) is 2.97. The second-order valence-electron chi connectivity index (χ2n) is 4.13. The number of hydrogen-bond donors (Lipinski definition) is 1. The third kappa shape index (κ3) is 1.88. The number of aromatic nitrogens is 1. The summed E-state index contributed by atoms with van der Waals surface area (Å²) in [5.74, 6) is 0.879. The lowest BCUT2D eigenvalue weighted by molar-refractivity contribution is 0.277. The summed E-state index contributed by atoms with van der Waals surface area (Å²) in [5, 5.41) is 8.12. The molecule has 1 N–H and O–H groups in total. The molecule has 0 saturated carbocycles. The summed E-state index contributed by atoms with van der Waals surface area (Å²) in [6, 6.07) is 6.27. The van der Waals surface area contributed by atoms with Gasteiger partial charge in [0.25, 0.3) is 0 Å². The Balaban J connectivity index is 1.68. The molecule has 1 aliphatic rings. The van der Waals surface area contributed by atoms with Crippen LogP contribution < -0.4 is 10.1 Å². The molecule has 1 fully saturated rings. The molecule has 0 spiro atoms. The Bertz CT molecular complexity index is 475. The molecule has 1 aromatic heterocycles. The smallest absolute Gasteiger partial charge is 0.167 e. The van der Waals surface area contributed by atoms with E-state index in [9.17, 15) is 0 Å². The fraction of sp³-hybridized carbons (Fsp3) is 0.417. The zero-order valence-electron chi connectivity index (χ0n) is 8.98. The van der Waals surface area contributed by atoms with Crippen LogP contribution in [-0.4, -0.2) is 24.4 Å². The molecule has 1 unspecified atom stereocenters. The summed E-state index contributed by atoms with van der Waals surface area (Å²) in [6.45, 7) is 1.84. The number of nitrogens with one attached hydrogen (secondary N) is 1. The van der Waals surface area contributed by atoms with Gasteiger partial charge in [0.2, 0.25) is 0 Å². The first-order valence-corrected chi connectivity index (χ1v) is 5.62. The van der Waals surface area contributed by atoms with Crippen molar-refractivity contribution in [2.45, 2.75) is 18.9 Å². The molecule has 2 aromatic rings. The fourth-order valence-electron chi connectivity index (χ4n) is 2.04. The minimum absolute atomic E-state index is 0.498. The maximum atomic E-state index is 5.74. The van der Waals surface area contributed by atoms with Gasteiger partial charge in [-0.2, -0.15) is 0 Å². The van der Waals surface area contributed by atoms with Crippen LogP contribution in [0.2, 0.25) is 0 Å². The molecule has 1 saturated heterocycles. The van der Waals surface area contributed by atoms with Crippen LogP contribution in [0.5, 0.6) is 5.75 Å². The lowest BCUT2D eigenvalue weighted by Crippen LogP contribution is -2.28. The van der Waals surface area contributed by atoms with Crippen LogP contribution in [0.25, 0.3) is 11.0 Å². The van der Waals surface area contributed by atoms with Crippen molar-refractivity contribution >= 4 is 11.0 Å². The molecule has 0 bridgehead atoms. The van der Waals surface area contributed by atoms with E-state index in [-0.39, 0.29) is 0 Å². The van der Waals surface area contributed by atoms with E-state index in [0.29, 0.717) is 6.04 Å². The monoisotopic (exact) mass is 218 g/mol. The maximum absolute atomic E-state index is 5.74. The maximum Gasteiger partial charge on any atom is 0.167 e. The molecule has 1 atom stereocenters. The van der Waals surface area contributed by atoms with E-state index in [0.717, 1.165) is 29.9 Å². The minimum Gasteiger partial charge on any atom is -0.492 e. The highest BCUT2D eigenvalue weighted by molar-refractivity contribution is 5.77. The number of rotatable bonds is 3. The Kier molecular flexibility index (Phi) is 2.50. The van der Waals surface area contributed by atoms with Crippen LogP contribution in [0.15, 0.2) is 28.9 Å². The molecule has 4 nitrogen and oxygen atoms in total. The quantitative estimate of drug-likeness (QED) is 0.855. The molecular formula is C12H14N2O2. The van der Waals surface area contributed by atoms with Crippen molar-refractivity contribution in [1.29, 1.82) is 0 Å². The zero-order chi connectivity index (χ0) is 10.8. The van der Waals surface area contributed by atoms with Crippen molar-refractivity contribution in [2.24, 2.45) is 0 Å². The standard InChI is InChI=1S/C12H14N2O2/c1-2-10(13-5-1)8-15-11-3-4-12-9(6-11)7-14-16-12/h3-4,6-7,10,13H,1-2,5,8H2. The zero-order valence-corrected chi connectivity index (χ0v) is 8.98. The molecule has 0 aliphatic carbocycles. The van der Waals surface area contributed by atoms with E-state index in [1.807, 2.05) is 18.2 Å². The van der Waals surface area contributed by atoms with Gasteiger partial charge in [-0.1, -0.05) is 5.16 Å². The summed E-state index contributed by atoms with van der Waals surface area (Å²) >= 11 is 0. The lowest BCUT2D eigenvalue weighted by atomic mass is 10.2. The third-order valence-corrected chi connectivity index (χ3v) is 2.94. The average molecular weight is 218 g/mol. The topological polar surface area (TPSA) is 47.3 Å². The molecule has 2 heterocycles.